The number of ether oxygens (including phenoxy) is 1. The highest BCUT2D eigenvalue weighted by molar-refractivity contribution is 5.40. The first kappa shape index (κ1) is 15.4. The topological polar surface area (TPSA) is 21.3 Å². The molecule has 0 radical (unpaired) electrons. The van der Waals surface area contributed by atoms with Crippen LogP contribution in [0.5, 0.6) is 11.5 Å². The van der Waals surface area contributed by atoms with Crippen molar-refractivity contribution in [3.8, 4) is 11.5 Å². The lowest BCUT2D eigenvalue weighted by Gasteiger charge is -2.13. The normalized spacial score (nSPS) is 10.7. The molecule has 0 unspecified atom stereocenters. The van der Waals surface area contributed by atoms with Gasteiger partial charge in [0.25, 0.3) is 0 Å². The van der Waals surface area contributed by atoms with Gasteiger partial charge in [0.2, 0.25) is 0 Å². The summed E-state index contributed by atoms with van der Waals surface area (Å²) in [6, 6.07) is 9.54. The summed E-state index contributed by atoms with van der Waals surface area (Å²) in [5.41, 5.74) is 1.14. The van der Waals surface area contributed by atoms with E-state index in [0.717, 1.165) is 13.0 Å². The van der Waals surface area contributed by atoms with Crippen LogP contribution >= 0.6 is 0 Å². The standard InChI is InChI=1S/C17H19F2NO/c1-3-10-20-11-13-7-5-8-14(18)17(13)21-15-9-4-6-12(2)16(15)19/h4-9,20H,3,10-11H2,1-2H3. The number of hydrogen-bond acceptors (Lipinski definition) is 2. The van der Waals surface area contributed by atoms with Crippen molar-refractivity contribution in [2.45, 2.75) is 26.8 Å². The molecule has 0 saturated carbocycles. The molecule has 0 aliphatic carbocycles. The fourth-order valence-corrected chi connectivity index (χ4v) is 2.02. The summed E-state index contributed by atoms with van der Waals surface area (Å²) in [6.07, 6.45) is 0.984. The van der Waals surface area contributed by atoms with Crippen LogP contribution in [0.1, 0.15) is 24.5 Å². The zero-order chi connectivity index (χ0) is 15.2. The molecule has 0 fully saturated rings. The van der Waals surface area contributed by atoms with Crippen LogP contribution in [-0.2, 0) is 6.54 Å². The third-order valence-corrected chi connectivity index (χ3v) is 3.16. The Balaban J connectivity index is 2.28. The van der Waals surface area contributed by atoms with Crippen molar-refractivity contribution in [1.29, 1.82) is 0 Å². The summed E-state index contributed by atoms with van der Waals surface area (Å²) in [7, 11) is 0. The number of halogens is 2. The van der Waals surface area contributed by atoms with Crippen LogP contribution in [0.2, 0.25) is 0 Å². The summed E-state index contributed by atoms with van der Waals surface area (Å²) in [5, 5.41) is 3.19. The van der Waals surface area contributed by atoms with Crippen molar-refractivity contribution in [3.05, 3.63) is 59.2 Å². The van der Waals surface area contributed by atoms with Gasteiger partial charge >= 0.3 is 0 Å². The van der Waals surface area contributed by atoms with Gasteiger partial charge in [-0.25, -0.2) is 8.78 Å². The van der Waals surface area contributed by atoms with Crippen LogP contribution in [0.3, 0.4) is 0 Å². The Morgan fingerprint density at radius 3 is 2.62 bits per heavy atom. The molecule has 2 nitrogen and oxygen atoms in total. The molecule has 0 amide bonds. The van der Waals surface area contributed by atoms with Crippen LogP contribution in [0.4, 0.5) is 8.78 Å². The molecule has 21 heavy (non-hydrogen) atoms. The molecule has 0 aliphatic heterocycles. The molecule has 4 heteroatoms. The molecule has 0 atom stereocenters. The van der Waals surface area contributed by atoms with Gasteiger partial charge in [0.1, 0.15) is 0 Å². The zero-order valence-corrected chi connectivity index (χ0v) is 12.2. The van der Waals surface area contributed by atoms with E-state index in [0.29, 0.717) is 17.7 Å². The van der Waals surface area contributed by atoms with Gasteiger partial charge in [0.15, 0.2) is 23.1 Å². The van der Waals surface area contributed by atoms with Crippen molar-refractivity contribution < 1.29 is 13.5 Å². The first-order valence-corrected chi connectivity index (χ1v) is 7.04. The molecule has 0 heterocycles. The molecule has 1 N–H and O–H groups in total. The van der Waals surface area contributed by atoms with Gasteiger partial charge in [-0.15, -0.1) is 0 Å². The Hall–Kier alpha value is -1.94. The van der Waals surface area contributed by atoms with Crippen molar-refractivity contribution in [2.75, 3.05) is 6.54 Å². The monoisotopic (exact) mass is 291 g/mol. The van der Waals surface area contributed by atoms with E-state index < -0.39 is 11.6 Å². The fourth-order valence-electron chi connectivity index (χ4n) is 2.02. The molecular weight excluding hydrogens is 272 g/mol. The van der Waals surface area contributed by atoms with E-state index in [1.807, 2.05) is 0 Å². The minimum atomic E-state index is -0.494. The van der Waals surface area contributed by atoms with Gasteiger partial charge < -0.3 is 10.1 Å². The Morgan fingerprint density at radius 2 is 1.86 bits per heavy atom. The lowest BCUT2D eigenvalue weighted by atomic mass is 10.1. The van der Waals surface area contributed by atoms with E-state index in [9.17, 15) is 8.78 Å². The molecule has 0 spiro atoms. The highest BCUT2D eigenvalue weighted by Gasteiger charge is 2.14. The number of benzene rings is 2. The number of hydrogen-bond donors (Lipinski definition) is 1. The van der Waals surface area contributed by atoms with Gasteiger partial charge in [-0.2, -0.15) is 0 Å². The van der Waals surface area contributed by atoms with E-state index in [1.54, 1.807) is 31.2 Å². The minimum absolute atomic E-state index is 0.0387. The minimum Gasteiger partial charge on any atom is -0.451 e. The second-order valence-corrected chi connectivity index (χ2v) is 4.89. The summed E-state index contributed by atoms with van der Waals surface area (Å²) in [6.45, 7) is 5.01. The molecule has 0 aromatic heterocycles. The Labute approximate surface area is 123 Å². The third kappa shape index (κ3) is 3.79. The van der Waals surface area contributed by atoms with Gasteiger partial charge in [0.05, 0.1) is 0 Å². The molecule has 0 aliphatic rings. The average molecular weight is 291 g/mol. The quantitative estimate of drug-likeness (QED) is 0.787. The SMILES string of the molecule is CCCNCc1cccc(F)c1Oc1cccc(C)c1F. The second kappa shape index (κ2) is 7.18. The van der Waals surface area contributed by atoms with Gasteiger partial charge in [0, 0.05) is 12.1 Å². The van der Waals surface area contributed by atoms with Crippen molar-refractivity contribution in [3.63, 3.8) is 0 Å². The van der Waals surface area contributed by atoms with Crippen LogP contribution in [0.15, 0.2) is 36.4 Å². The van der Waals surface area contributed by atoms with Crippen LogP contribution in [0.25, 0.3) is 0 Å². The first-order valence-electron chi connectivity index (χ1n) is 7.04. The summed E-state index contributed by atoms with van der Waals surface area (Å²) in [5.74, 6) is -0.845. The van der Waals surface area contributed by atoms with Crippen molar-refractivity contribution in [2.24, 2.45) is 0 Å². The number of rotatable bonds is 6. The molecule has 2 aromatic rings. The number of nitrogens with one attached hydrogen (secondary N) is 1. The van der Waals surface area contributed by atoms with Gasteiger partial charge in [-0.3, -0.25) is 0 Å². The van der Waals surface area contributed by atoms with Crippen LogP contribution in [0, 0.1) is 18.6 Å². The molecule has 112 valence electrons. The smallest absolute Gasteiger partial charge is 0.168 e. The molecule has 2 aromatic carbocycles. The highest BCUT2D eigenvalue weighted by Crippen LogP contribution is 2.31. The maximum Gasteiger partial charge on any atom is 0.168 e. The fraction of sp³-hybridized carbons (Fsp3) is 0.294. The number of aryl methyl sites for hydroxylation is 1. The van der Waals surface area contributed by atoms with Crippen molar-refractivity contribution in [1.82, 2.24) is 5.32 Å². The first-order chi connectivity index (χ1) is 10.1. The third-order valence-electron chi connectivity index (χ3n) is 3.16. The van der Waals surface area contributed by atoms with Crippen LogP contribution < -0.4 is 10.1 Å². The Bertz CT molecular complexity index is 614. The maximum atomic E-state index is 14.0. The van der Waals surface area contributed by atoms with Crippen molar-refractivity contribution >= 4 is 0 Å². The number of para-hydroxylation sites is 1. The molecular formula is C17H19F2NO. The molecule has 2 rings (SSSR count). The average Bonchev–Trinajstić information content (AvgIpc) is 2.47. The predicted octanol–water partition coefficient (Wildman–Crippen LogP) is 4.57. The summed E-state index contributed by atoms with van der Waals surface area (Å²) >= 11 is 0. The second-order valence-electron chi connectivity index (χ2n) is 4.89. The van der Waals surface area contributed by atoms with Gasteiger partial charge in [-0.1, -0.05) is 31.2 Å². The Morgan fingerprint density at radius 1 is 1.10 bits per heavy atom. The largest absolute Gasteiger partial charge is 0.451 e. The lowest BCUT2D eigenvalue weighted by molar-refractivity contribution is 0.406. The maximum absolute atomic E-state index is 14.0. The molecule has 0 bridgehead atoms. The molecule has 0 saturated heterocycles. The van der Waals surface area contributed by atoms with E-state index >= 15 is 0 Å². The van der Waals surface area contributed by atoms with Crippen LogP contribution in [-0.4, -0.2) is 6.54 Å². The summed E-state index contributed by atoms with van der Waals surface area (Å²) in [4.78, 5) is 0. The van der Waals surface area contributed by atoms with Gasteiger partial charge in [-0.05, 0) is 37.6 Å². The van der Waals surface area contributed by atoms with E-state index in [2.05, 4.69) is 12.2 Å². The zero-order valence-electron chi connectivity index (χ0n) is 12.2. The predicted molar refractivity (Wildman–Crippen MR) is 79.6 cm³/mol. The van der Waals surface area contributed by atoms with E-state index in [4.69, 9.17) is 4.74 Å². The summed E-state index contributed by atoms with van der Waals surface area (Å²) < 4.78 is 33.5. The Kier molecular flexibility index (Phi) is 5.28. The lowest BCUT2D eigenvalue weighted by Crippen LogP contribution is -2.14. The van der Waals surface area contributed by atoms with E-state index in [1.165, 1.54) is 12.1 Å². The highest BCUT2D eigenvalue weighted by atomic mass is 19.1. The van der Waals surface area contributed by atoms with E-state index in [-0.39, 0.29) is 11.5 Å².